The second kappa shape index (κ2) is 7.47. The Morgan fingerprint density at radius 2 is 2.04 bits per heavy atom. The average molecular weight is 401 g/mol. The van der Waals surface area contributed by atoms with E-state index in [0.29, 0.717) is 27.9 Å². The van der Waals surface area contributed by atoms with Crippen LogP contribution in [0.15, 0.2) is 36.2 Å². The van der Waals surface area contributed by atoms with E-state index in [9.17, 15) is 9.59 Å². The maximum atomic E-state index is 12.3. The zero-order valence-corrected chi connectivity index (χ0v) is 16.4. The van der Waals surface area contributed by atoms with Gasteiger partial charge in [-0.3, -0.25) is 14.8 Å². The van der Waals surface area contributed by atoms with Crippen molar-refractivity contribution in [3.05, 3.63) is 43.2 Å². The molecule has 128 valence electrons. The summed E-state index contributed by atoms with van der Waals surface area (Å²) in [4.78, 5) is 31.7. The number of hydrogen-bond acceptors (Lipinski definition) is 5. The van der Waals surface area contributed by atoms with Crippen LogP contribution in [0.4, 0.5) is 0 Å². The molecule has 3 aromatic rings. The topological polar surface area (TPSA) is 65.7 Å². The molecule has 2 atom stereocenters. The molecule has 0 saturated carbocycles. The van der Waals surface area contributed by atoms with E-state index < -0.39 is 5.69 Å². The third kappa shape index (κ3) is 3.64. The predicted octanol–water partition coefficient (Wildman–Crippen LogP) is 4.54. The summed E-state index contributed by atoms with van der Waals surface area (Å²) in [6, 6.07) is 4.03. The van der Waals surface area contributed by atoms with Gasteiger partial charge >= 0.3 is 5.69 Å². The Morgan fingerprint density at radius 1 is 1.25 bits per heavy atom. The molecule has 0 fully saturated rings. The second-order valence-electron chi connectivity index (χ2n) is 5.81. The first kappa shape index (κ1) is 17.8. The lowest BCUT2D eigenvalue weighted by Gasteiger charge is -2.17. The first-order valence-corrected chi connectivity index (χ1v) is 10.6. The second-order valence-corrected chi connectivity index (χ2v) is 9.49. The van der Waals surface area contributed by atoms with Gasteiger partial charge in [-0.1, -0.05) is 31.7 Å². The van der Waals surface area contributed by atoms with Gasteiger partial charge in [-0.15, -0.1) is 34.3 Å². The molecule has 2 unspecified atom stereocenters. The number of H-pyrrole nitrogens is 2. The van der Waals surface area contributed by atoms with Gasteiger partial charge in [0.05, 0.1) is 9.60 Å². The van der Waals surface area contributed by atoms with Crippen LogP contribution in [0.1, 0.15) is 18.7 Å². The van der Waals surface area contributed by atoms with Crippen LogP contribution in [0, 0.1) is 11.8 Å². The van der Waals surface area contributed by atoms with Crippen LogP contribution in [-0.2, 0) is 6.42 Å². The standard InChI is InChI=1S/C16H17ClN2O2S3/c1-8(9(2)7-17)6-10-13(24-11-4-3-5-22-11)12-14(20)18-16(21)19-15(12)23-10/h3-5,8-9H,6-7H2,1-2H3,(H2,18,19,20,21). The van der Waals surface area contributed by atoms with Crippen molar-refractivity contribution in [3.63, 3.8) is 0 Å². The largest absolute Gasteiger partial charge is 0.326 e. The fourth-order valence-electron chi connectivity index (χ4n) is 2.37. The van der Waals surface area contributed by atoms with Gasteiger partial charge in [0.15, 0.2) is 0 Å². The number of rotatable bonds is 6. The molecule has 0 spiro atoms. The van der Waals surface area contributed by atoms with E-state index in [4.69, 9.17) is 11.6 Å². The molecule has 3 heterocycles. The molecule has 4 nitrogen and oxygen atoms in total. The van der Waals surface area contributed by atoms with E-state index in [1.165, 1.54) is 11.3 Å². The van der Waals surface area contributed by atoms with Crippen LogP contribution >= 0.6 is 46.0 Å². The van der Waals surface area contributed by atoms with Crippen LogP contribution in [0.2, 0.25) is 0 Å². The minimum absolute atomic E-state index is 0.326. The number of fused-ring (bicyclic) bond motifs is 1. The SMILES string of the molecule is CC(CCl)C(C)Cc1sc2[nH]c(=O)[nH]c(=O)c2c1Sc1cccs1. The number of halogens is 1. The summed E-state index contributed by atoms with van der Waals surface area (Å²) in [6.07, 6.45) is 0.836. The average Bonchev–Trinajstić information content (AvgIpc) is 3.15. The summed E-state index contributed by atoms with van der Waals surface area (Å²) in [5, 5.41) is 2.60. The highest BCUT2D eigenvalue weighted by molar-refractivity contribution is 8.01. The lowest BCUT2D eigenvalue weighted by atomic mass is 9.94. The number of aromatic amines is 2. The van der Waals surface area contributed by atoms with Gasteiger partial charge in [0.1, 0.15) is 4.83 Å². The summed E-state index contributed by atoms with van der Waals surface area (Å²) in [5.41, 5.74) is -0.788. The van der Waals surface area contributed by atoms with Crippen molar-refractivity contribution in [3.8, 4) is 0 Å². The van der Waals surface area contributed by atoms with Gasteiger partial charge in [-0.25, -0.2) is 4.79 Å². The first-order chi connectivity index (χ1) is 11.5. The molecular weight excluding hydrogens is 384 g/mol. The number of nitrogens with one attached hydrogen (secondary N) is 2. The Labute approximate surface area is 156 Å². The number of alkyl halides is 1. The number of hydrogen-bond donors (Lipinski definition) is 2. The van der Waals surface area contributed by atoms with Crippen molar-refractivity contribution in [1.29, 1.82) is 0 Å². The van der Waals surface area contributed by atoms with E-state index in [0.717, 1.165) is 20.4 Å². The summed E-state index contributed by atoms with van der Waals surface area (Å²) in [5.74, 6) is 1.38. The fraction of sp³-hybridized carbons (Fsp3) is 0.375. The molecule has 3 aromatic heterocycles. The summed E-state index contributed by atoms with van der Waals surface area (Å²) >= 11 is 10.7. The molecule has 0 amide bonds. The molecule has 0 bridgehead atoms. The number of thiophene rings is 2. The van der Waals surface area contributed by atoms with Crippen LogP contribution in [-0.4, -0.2) is 15.8 Å². The van der Waals surface area contributed by atoms with Gasteiger partial charge in [-0.2, -0.15) is 0 Å². The highest BCUT2D eigenvalue weighted by Crippen LogP contribution is 2.42. The van der Waals surface area contributed by atoms with Crippen LogP contribution in [0.25, 0.3) is 10.2 Å². The molecule has 3 rings (SSSR count). The molecule has 0 aromatic carbocycles. The highest BCUT2D eigenvalue weighted by atomic mass is 35.5. The van der Waals surface area contributed by atoms with E-state index in [1.807, 2.05) is 17.5 Å². The molecule has 0 aliphatic rings. The Hall–Kier alpha value is -1.02. The van der Waals surface area contributed by atoms with Gasteiger partial charge in [-0.05, 0) is 29.7 Å². The van der Waals surface area contributed by atoms with E-state index in [2.05, 4.69) is 23.8 Å². The Balaban J connectivity index is 2.11. The maximum absolute atomic E-state index is 12.3. The third-order valence-electron chi connectivity index (χ3n) is 4.03. The van der Waals surface area contributed by atoms with Crippen molar-refractivity contribution < 1.29 is 0 Å². The molecule has 0 aliphatic carbocycles. The smallest absolute Gasteiger partial charge is 0.298 e. The molecule has 2 N–H and O–H groups in total. The minimum atomic E-state index is -0.463. The van der Waals surface area contributed by atoms with Crippen molar-refractivity contribution in [2.24, 2.45) is 11.8 Å². The molecule has 24 heavy (non-hydrogen) atoms. The Bertz CT molecular complexity index is 943. The van der Waals surface area contributed by atoms with Gasteiger partial charge in [0.25, 0.3) is 5.56 Å². The zero-order valence-electron chi connectivity index (χ0n) is 13.2. The predicted molar refractivity (Wildman–Crippen MR) is 104 cm³/mol. The van der Waals surface area contributed by atoms with Gasteiger partial charge in [0.2, 0.25) is 0 Å². The van der Waals surface area contributed by atoms with Gasteiger partial charge in [0, 0.05) is 15.7 Å². The summed E-state index contributed by atoms with van der Waals surface area (Å²) in [6.45, 7) is 4.30. The van der Waals surface area contributed by atoms with E-state index in [-0.39, 0.29) is 5.56 Å². The van der Waals surface area contributed by atoms with Crippen LogP contribution in [0.3, 0.4) is 0 Å². The summed E-state index contributed by atoms with van der Waals surface area (Å²) in [7, 11) is 0. The normalized spacial score (nSPS) is 14.1. The highest BCUT2D eigenvalue weighted by Gasteiger charge is 2.21. The summed E-state index contributed by atoms with van der Waals surface area (Å²) < 4.78 is 1.12. The third-order valence-corrected chi connectivity index (χ3v) is 7.97. The molecule has 0 saturated heterocycles. The maximum Gasteiger partial charge on any atom is 0.326 e. The first-order valence-electron chi connectivity index (χ1n) is 7.55. The van der Waals surface area contributed by atoms with Crippen molar-refractivity contribution in [2.75, 3.05) is 5.88 Å². The van der Waals surface area contributed by atoms with Crippen LogP contribution in [0.5, 0.6) is 0 Å². The lowest BCUT2D eigenvalue weighted by Crippen LogP contribution is -2.21. The van der Waals surface area contributed by atoms with E-state index >= 15 is 0 Å². The van der Waals surface area contributed by atoms with Gasteiger partial charge < -0.3 is 0 Å². The Morgan fingerprint density at radius 3 is 2.71 bits per heavy atom. The number of aromatic nitrogens is 2. The van der Waals surface area contributed by atoms with Crippen molar-refractivity contribution in [2.45, 2.75) is 29.4 Å². The molecular formula is C16H17ClN2O2S3. The van der Waals surface area contributed by atoms with Crippen molar-refractivity contribution >= 4 is 56.3 Å². The molecule has 0 aliphatic heterocycles. The molecule has 0 radical (unpaired) electrons. The van der Waals surface area contributed by atoms with Crippen molar-refractivity contribution in [1.82, 2.24) is 9.97 Å². The minimum Gasteiger partial charge on any atom is -0.298 e. The fourth-order valence-corrected chi connectivity index (χ4v) is 6.11. The molecule has 8 heteroatoms. The lowest BCUT2D eigenvalue weighted by molar-refractivity contribution is 0.422. The van der Waals surface area contributed by atoms with E-state index in [1.54, 1.807) is 23.1 Å². The monoisotopic (exact) mass is 400 g/mol. The zero-order chi connectivity index (χ0) is 17.3. The van der Waals surface area contributed by atoms with Crippen LogP contribution < -0.4 is 11.2 Å². The Kier molecular flexibility index (Phi) is 5.54. The quantitative estimate of drug-likeness (QED) is 0.597.